The van der Waals surface area contributed by atoms with E-state index in [9.17, 15) is 31.1 Å². The molecule has 260 valence electrons. The highest BCUT2D eigenvalue weighted by Gasteiger charge is 2.37. The third kappa shape index (κ3) is 9.06. The molecule has 2 N–H and O–H groups in total. The number of aryl methyl sites for hydroxylation is 1. The van der Waals surface area contributed by atoms with Crippen molar-refractivity contribution < 1.29 is 31.1 Å². The van der Waals surface area contributed by atoms with Gasteiger partial charge in [-0.1, -0.05) is 54.5 Å². The molecule has 0 spiro atoms. The average molecular weight is 753 g/mol. The van der Waals surface area contributed by atoms with Crippen molar-refractivity contribution in [1.29, 1.82) is 0 Å². The van der Waals surface area contributed by atoms with Crippen LogP contribution in [0.1, 0.15) is 49.2 Å². The number of likely N-dealkylation sites (tertiary alicyclic amines) is 1. The molecule has 3 heterocycles. The lowest BCUT2D eigenvalue weighted by molar-refractivity contribution is -0.143. The molecule has 1 fully saturated rings. The molecule has 16 heteroatoms. The average Bonchev–Trinajstić information content (AvgIpc) is 3.56. The van der Waals surface area contributed by atoms with E-state index < -0.39 is 23.5 Å². The Balaban J connectivity index is 0.000000445. The highest BCUT2D eigenvalue weighted by atomic mass is 35.5. The van der Waals surface area contributed by atoms with E-state index in [1.807, 2.05) is 18.7 Å². The molecular formula is C32H33Cl2F6N5OS2. The van der Waals surface area contributed by atoms with Crippen LogP contribution in [0.3, 0.4) is 0 Å². The first-order valence-electron chi connectivity index (χ1n) is 14.8. The number of benzene rings is 2. The molecule has 2 aromatic carbocycles. The Labute approximate surface area is 292 Å². The molecule has 2 aromatic heterocycles. The van der Waals surface area contributed by atoms with Crippen molar-refractivity contribution in [2.75, 3.05) is 19.6 Å². The molecule has 0 saturated carbocycles. The van der Waals surface area contributed by atoms with Gasteiger partial charge in [0.1, 0.15) is 0 Å². The Morgan fingerprint density at radius 2 is 1.58 bits per heavy atom. The van der Waals surface area contributed by atoms with E-state index in [0.29, 0.717) is 50.2 Å². The van der Waals surface area contributed by atoms with E-state index in [4.69, 9.17) is 33.9 Å². The van der Waals surface area contributed by atoms with Crippen LogP contribution in [0.5, 0.6) is 0 Å². The zero-order chi connectivity index (χ0) is 35.6. The minimum atomic E-state index is -4.96. The lowest BCUT2D eigenvalue weighted by atomic mass is 9.98. The predicted octanol–water partition coefficient (Wildman–Crippen LogP) is 9.94. The van der Waals surface area contributed by atoms with Crippen LogP contribution >= 0.6 is 46.3 Å². The summed E-state index contributed by atoms with van der Waals surface area (Å²) >= 11 is 15.1. The molecule has 0 atom stereocenters. The smallest absolute Gasteiger partial charge is 0.345 e. The largest absolute Gasteiger partial charge is 0.416 e. The number of nitrogens with zero attached hydrogens (tertiary/aromatic N) is 4. The van der Waals surface area contributed by atoms with E-state index in [-0.39, 0.29) is 28.1 Å². The molecule has 1 aliphatic rings. The summed E-state index contributed by atoms with van der Waals surface area (Å²) in [6, 6.07) is 6.62. The summed E-state index contributed by atoms with van der Waals surface area (Å²) in [6.07, 6.45) is -6.83. The Hall–Kier alpha value is -2.78. The normalized spacial score (nSPS) is 14.3. The lowest BCUT2D eigenvalue weighted by Gasteiger charge is -2.27. The number of thiazole rings is 1. The van der Waals surface area contributed by atoms with Gasteiger partial charge >= 0.3 is 12.4 Å². The van der Waals surface area contributed by atoms with Gasteiger partial charge in [-0.15, -0.1) is 11.8 Å². The molecular weight excluding hydrogens is 719 g/mol. The standard InChI is InChI=1S/C25H19Cl2F6N3S2.C7H14N2O/c1-11(2)37-22-21(14-5-6-18(26)19(27)9-14)34-23(38-22)36-13(4)20(12(3)35-36)15-7-16(24(28,29)30)10-17(8-15)25(31,32)33;8-5-7-1-3-9(6-10)4-2-7/h5-11H,1-4H3;6-7H,1-5,8H2. The fourth-order valence-electron chi connectivity index (χ4n) is 5.15. The van der Waals surface area contributed by atoms with Crippen molar-refractivity contribution >= 4 is 52.7 Å². The Morgan fingerprint density at radius 1 is 0.979 bits per heavy atom. The maximum atomic E-state index is 13.5. The molecule has 4 aromatic rings. The number of piperidine rings is 1. The van der Waals surface area contributed by atoms with E-state index >= 15 is 0 Å². The summed E-state index contributed by atoms with van der Waals surface area (Å²) < 4.78 is 83.1. The zero-order valence-corrected chi connectivity index (χ0v) is 29.5. The summed E-state index contributed by atoms with van der Waals surface area (Å²) in [7, 11) is 0. The number of rotatable bonds is 7. The van der Waals surface area contributed by atoms with Gasteiger partial charge in [0.05, 0.1) is 42.5 Å². The van der Waals surface area contributed by atoms with Crippen LogP contribution in [0, 0.1) is 19.8 Å². The quantitative estimate of drug-likeness (QED) is 0.116. The number of amides is 1. The summed E-state index contributed by atoms with van der Waals surface area (Å²) in [5.74, 6) is 0.649. The molecule has 1 saturated heterocycles. The van der Waals surface area contributed by atoms with Crippen LogP contribution in [0.15, 0.2) is 40.6 Å². The second-order valence-electron chi connectivity index (χ2n) is 11.5. The van der Waals surface area contributed by atoms with Crippen molar-refractivity contribution in [2.45, 2.75) is 62.3 Å². The maximum Gasteiger partial charge on any atom is 0.416 e. The van der Waals surface area contributed by atoms with E-state index in [2.05, 4.69) is 5.10 Å². The highest BCUT2D eigenvalue weighted by Crippen LogP contribution is 2.43. The SMILES string of the molecule is Cc1nn(-c2nc(-c3ccc(Cl)c(Cl)c3)c(SC(C)C)s2)c(C)c1-c1cc(C(F)(F)F)cc(C(F)(F)F)c1.NCC1CCN(C=O)CC1. The fourth-order valence-corrected chi connectivity index (χ4v) is 7.97. The number of hydrogen-bond acceptors (Lipinski definition) is 6. The third-order valence-corrected chi connectivity index (χ3v) is 10.6. The topological polar surface area (TPSA) is 77.0 Å². The molecule has 5 rings (SSSR count). The van der Waals surface area contributed by atoms with Gasteiger partial charge in [0.2, 0.25) is 11.5 Å². The number of halogens is 8. The van der Waals surface area contributed by atoms with Gasteiger partial charge in [-0.2, -0.15) is 31.4 Å². The first-order chi connectivity index (χ1) is 22.4. The molecule has 0 aliphatic carbocycles. The molecule has 6 nitrogen and oxygen atoms in total. The number of carbonyl (C=O) groups is 1. The predicted molar refractivity (Wildman–Crippen MR) is 180 cm³/mol. The van der Waals surface area contributed by atoms with E-state index in [1.54, 1.807) is 36.9 Å². The molecule has 1 aliphatic heterocycles. The van der Waals surface area contributed by atoms with Crippen LogP contribution < -0.4 is 5.73 Å². The molecule has 0 unspecified atom stereocenters. The van der Waals surface area contributed by atoms with Gasteiger partial charge < -0.3 is 10.6 Å². The van der Waals surface area contributed by atoms with Crippen LogP contribution in [0.25, 0.3) is 27.5 Å². The van der Waals surface area contributed by atoms with Crippen LogP contribution in [0.4, 0.5) is 26.3 Å². The molecule has 0 bridgehead atoms. The van der Waals surface area contributed by atoms with Crippen LogP contribution in [-0.2, 0) is 17.1 Å². The van der Waals surface area contributed by atoms with Gasteiger partial charge in [-0.25, -0.2) is 9.67 Å². The molecule has 48 heavy (non-hydrogen) atoms. The van der Waals surface area contributed by atoms with Crippen molar-refractivity contribution in [3.63, 3.8) is 0 Å². The highest BCUT2D eigenvalue weighted by molar-refractivity contribution is 8.01. The van der Waals surface area contributed by atoms with Crippen molar-refractivity contribution in [2.24, 2.45) is 11.7 Å². The van der Waals surface area contributed by atoms with Gasteiger partial charge in [0.15, 0.2) is 0 Å². The van der Waals surface area contributed by atoms with Crippen molar-refractivity contribution in [3.05, 3.63) is 69.0 Å². The monoisotopic (exact) mass is 751 g/mol. The van der Waals surface area contributed by atoms with Crippen LogP contribution in [-0.4, -0.2) is 51.0 Å². The second-order valence-corrected chi connectivity index (χ2v) is 15.1. The van der Waals surface area contributed by atoms with Crippen molar-refractivity contribution in [1.82, 2.24) is 19.7 Å². The summed E-state index contributed by atoms with van der Waals surface area (Å²) in [5.41, 5.74) is 4.59. The number of alkyl halides is 6. The number of nitrogens with two attached hydrogens (primary N) is 1. The van der Waals surface area contributed by atoms with Gasteiger partial charge in [-0.05, 0) is 75.0 Å². The Kier molecular flexibility index (Phi) is 12.2. The maximum absolute atomic E-state index is 13.5. The number of carbonyl (C=O) groups excluding carboxylic acids is 1. The summed E-state index contributed by atoms with van der Waals surface area (Å²) in [6.45, 7) is 9.69. The lowest BCUT2D eigenvalue weighted by Crippen LogP contribution is -2.34. The molecule has 1 amide bonds. The van der Waals surface area contributed by atoms with Crippen LogP contribution in [0.2, 0.25) is 10.0 Å². The first kappa shape index (κ1) is 38.0. The van der Waals surface area contributed by atoms with Gasteiger partial charge in [-0.3, -0.25) is 4.79 Å². The minimum absolute atomic E-state index is 0.109. The zero-order valence-electron chi connectivity index (χ0n) is 26.3. The fraction of sp³-hybridized carbons (Fsp3) is 0.406. The Morgan fingerprint density at radius 3 is 2.08 bits per heavy atom. The summed E-state index contributed by atoms with van der Waals surface area (Å²) in [4.78, 5) is 16.8. The number of hydrogen-bond donors (Lipinski definition) is 1. The van der Waals surface area contributed by atoms with Crippen molar-refractivity contribution in [3.8, 4) is 27.5 Å². The first-order valence-corrected chi connectivity index (χ1v) is 17.3. The number of aromatic nitrogens is 3. The minimum Gasteiger partial charge on any atom is -0.345 e. The van der Waals surface area contributed by atoms with E-state index in [0.717, 1.165) is 43.1 Å². The molecule has 0 radical (unpaired) electrons. The van der Waals surface area contributed by atoms with Gasteiger partial charge in [0.25, 0.3) is 0 Å². The summed E-state index contributed by atoms with van der Waals surface area (Å²) in [5, 5.41) is 5.78. The third-order valence-electron chi connectivity index (χ3n) is 7.60. The number of thioether (sulfide) groups is 1. The Bertz CT molecular complexity index is 1720. The van der Waals surface area contributed by atoms with Gasteiger partial charge in [0, 0.05) is 29.5 Å². The second kappa shape index (κ2) is 15.4. The van der Waals surface area contributed by atoms with E-state index in [1.165, 1.54) is 22.9 Å².